The number of piperidine rings is 1. The fraction of sp³-hybridized carbons (Fsp3) is 0.444. The predicted molar refractivity (Wildman–Crippen MR) is 93.5 cm³/mol. The Bertz CT molecular complexity index is 792. The number of hydrogen-bond acceptors (Lipinski definition) is 5. The van der Waals surface area contributed by atoms with Crippen molar-refractivity contribution >= 4 is 11.9 Å². The van der Waals surface area contributed by atoms with Gasteiger partial charge >= 0.3 is 5.97 Å². The summed E-state index contributed by atoms with van der Waals surface area (Å²) in [6.07, 6.45) is 1.56. The van der Waals surface area contributed by atoms with E-state index in [4.69, 9.17) is 9.84 Å². The van der Waals surface area contributed by atoms with E-state index in [0.29, 0.717) is 37.3 Å². The van der Waals surface area contributed by atoms with Crippen LogP contribution in [0.1, 0.15) is 35.4 Å². The maximum absolute atomic E-state index is 12.8. The molecule has 1 aliphatic rings. The van der Waals surface area contributed by atoms with Crippen molar-refractivity contribution in [1.29, 1.82) is 0 Å². The van der Waals surface area contributed by atoms with Gasteiger partial charge in [0.15, 0.2) is 5.69 Å². The highest BCUT2D eigenvalue weighted by Crippen LogP contribution is 2.23. The van der Waals surface area contributed by atoms with E-state index < -0.39 is 5.97 Å². The minimum Gasteiger partial charge on any atom is -0.497 e. The lowest BCUT2D eigenvalue weighted by molar-refractivity contribution is -0.138. The number of aliphatic carboxylic acids is 1. The Hall–Kier alpha value is -2.90. The maximum atomic E-state index is 12.8. The normalized spacial score (nSPS) is 15.1. The number of hydrogen-bond donors (Lipinski definition) is 1. The molecule has 0 radical (unpaired) electrons. The molecular weight excluding hydrogens is 336 g/mol. The number of amides is 1. The molecular formula is C18H22N4O4. The van der Waals surface area contributed by atoms with Gasteiger partial charge in [-0.25, -0.2) is 4.68 Å². The zero-order valence-corrected chi connectivity index (χ0v) is 14.9. The number of carbonyl (C=O) groups excluding carboxylic acids is 1. The summed E-state index contributed by atoms with van der Waals surface area (Å²) in [5.74, 6) is -0.0660. The number of methoxy groups -OCH3 is 1. The molecule has 3 rings (SSSR count). The van der Waals surface area contributed by atoms with E-state index in [1.807, 2.05) is 31.2 Å². The van der Waals surface area contributed by atoms with E-state index in [2.05, 4.69) is 10.3 Å². The zero-order chi connectivity index (χ0) is 18.7. The van der Waals surface area contributed by atoms with Crippen molar-refractivity contribution in [2.75, 3.05) is 20.2 Å². The SMILES string of the molecule is COc1ccc(-n2nnc(C(=O)N3CCC(CC(=O)O)CC3)c2C)cc1. The van der Waals surface area contributed by atoms with Crippen molar-refractivity contribution in [3.63, 3.8) is 0 Å². The van der Waals surface area contributed by atoms with Crippen LogP contribution in [-0.4, -0.2) is 57.1 Å². The van der Waals surface area contributed by atoms with Crippen LogP contribution in [0.15, 0.2) is 24.3 Å². The van der Waals surface area contributed by atoms with Crippen LogP contribution in [0.2, 0.25) is 0 Å². The Kier molecular flexibility index (Phi) is 5.20. The highest BCUT2D eigenvalue weighted by atomic mass is 16.5. The van der Waals surface area contributed by atoms with Crippen molar-refractivity contribution in [2.24, 2.45) is 5.92 Å². The molecule has 1 fully saturated rings. The second-order valence-corrected chi connectivity index (χ2v) is 6.47. The number of ether oxygens (including phenoxy) is 1. The second-order valence-electron chi connectivity index (χ2n) is 6.47. The van der Waals surface area contributed by atoms with Gasteiger partial charge in [-0.3, -0.25) is 9.59 Å². The summed E-state index contributed by atoms with van der Waals surface area (Å²) in [6.45, 7) is 2.91. The molecule has 1 aliphatic heterocycles. The minimum absolute atomic E-state index is 0.132. The van der Waals surface area contributed by atoms with Gasteiger partial charge < -0.3 is 14.7 Å². The van der Waals surface area contributed by atoms with Crippen LogP contribution in [0.25, 0.3) is 5.69 Å². The summed E-state index contributed by atoms with van der Waals surface area (Å²) in [5.41, 5.74) is 1.81. The fourth-order valence-electron chi connectivity index (χ4n) is 3.23. The van der Waals surface area contributed by atoms with Crippen LogP contribution < -0.4 is 4.74 Å². The number of aromatic nitrogens is 3. The molecule has 8 nitrogen and oxygen atoms in total. The average Bonchev–Trinajstić information content (AvgIpc) is 3.03. The van der Waals surface area contributed by atoms with E-state index in [9.17, 15) is 9.59 Å². The van der Waals surface area contributed by atoms with E-state index >= 15 is 0 Å². The first-order valence-corrected chi connectivity index (χ1v) is 8.57. The first kappa shape index (κ1) is 17.9. The van der Waals surface area contributed by atoms with Gasteiger partial charge in [0, 0.05) is 19.5 Å². The van der Waals surface area contributed by atoms with Gasteiger partial charge in [0.25, 0.3) is 5.91 Å². The predicted octanol–water partition coefficient (Wildman–Crippen LogP) is 1.91. The number of likely N-dealkylation sites (tertiary alicyclic amines) is 1. The van der Waals surface area contributed by atoms with Crippen molar-refractivity contribution in [2.45, 2.75) is 26.2 Å². The summed E-state index contributed by atoms with van der Waals surface area (Å²) in [6, 6.07) is 7.36. The lowest BCUT2D eigenvalue weighted by Crippen LogP contribution is -2.39. The van der Waals surface area contributed by atoms with Crippen LogP contribution in [0.4, 0.5) is 0 Å². The largest absolute Gasteiger partial charge is 0.497 e. The Labute approximate surface area is 151 Å². The van der Waals surface area contributed by atoms with Gasteiger partial charge in [0.05, 0.1) is 18.5 Å². The lowest BCUT2D eigenvalue weighted by atomic mass is 9.93. The zero-order valence-electron chi connectivity index (χ0n) is 14.9. The highest BCUT2D eigenvalue weighted by molar-refractivity contribution is 5.93. The standard InChI is InChI=1S/C18H22N4O4/c1-12-17(18(25)21-9-7-13(8-10-21)11-16(23)24)19-20-22(12)14-3-5-15(26-2)6-4-14/h3-6,13H,7-11H2,1-2H3,(H,23,24). The van der Waals surface area contributed by atoms with Crippen molar-refractivity contribution in [3.8, 4) is 11.4 Å². The van der Waals surface area contributed by atoms with Crippen LogP contribution in [0, 0.1) is 12.8 Å². The summed E-state index contributed by atoms with van der Waals surface area (Å²) in [4.78, 5) is 25.3. The Morgan fingerprint density at radius 2 is 1.88 bits per heavy atom. The molecule has 2 heterocycles. The molecule has 1 N–H and O–H groups in total. The van der Waals surface area contributed by atoms with E-state index in [-0.39, 0.29) is 18.2 Å². The van der Waals surface area contributed by atoms with Crippen molar-refractivity contribution in [1.82, 2.24) is 19.9 Å². The summed E-state index contributed by atoms with van der Waals surface area (Å²) in [5, 5.41) is 17.1. The molecule has 0 bridgehead atoms. The van der Waals surface area contributed by atoms with Gasteiger partial charge in [-0.1, -0.05) is 5.21 Å². The topological polar surface area (TPSA) is 97.5 Å². The molecule has 1 aromatic carbocycles. The molecule has 0 atom stereocenters. The third-order valence-electron chi connectivity index (χ3n) is 4.78. The number of rotatable bonds is 5. The summed E-state index contributed by atoms with van der Waals surface area (Å²) >= 11 is 0. The number of carboxylic acids is 1. The highest BCUT2D eigenvalue weighted by Gasteiger charge is 2.28. The van der Waals surface area contributed by atoms with Gasteiger partial charge in [-0.15, -0.1) is 5.10 Å². The van der Waals surface area contributed by atoms with Gasteiger partial charge in [0.1, 0.15) is 5.75 Å². The number of nitrogens with zero attached hydrogens (tertiary/aromatic N) is 4. The Morgan fingerprint density at radius 3 is 2.46 bits per heavy atom. The molecule has 1 amide bonds. The molecule has 138 valence electrons. The van der Waals surface area contributed by atoms with Crippen LogP contribution in [0.5, 0.6) is 5.75 Å². The molecule has 0 saturated carbocycles. The van der Waals surface area contributed by atoms with E-state index in [1.165, 1.54) is 0 Å². The first-order valence-electron chi connectivity index (χ1n) is 8.57. The molecule has 0 spiro atoms. The monoisotopic (exact) mass is 358 g/mol. The third-order valence-corrected chi connectivity index (χ3v) is 4.78. The van der Waals surface area contributed by atoms with Gasteiger partial charge in [0.2, 0.25) is 0 Å². The van der Waals surface area contributed by atoms with Crippen LogP contribution in [-0.2, 0) is 4.79 Å². The fourth-order valence-corrected chi connectivity index (χ4v) is 3.23. The Balaban J connectivity index is 1.71. The number of carboxylic acid groups (broad SMARTS) is 1. The van der Waals surface area contributed by atoms with Gasteiger partial charge in [-0.2, -0.15) is 0 Å². The molecule has 1 aromatic heterocycles. The van der Waals surface area contributed by atoms with Crippen molar-refractivity contribution < 1.29 is 19.4 Å². The Morgan fingerprint density at radius 1 is 1.23 bits per heavy atom. The molecule has 8 heteroatoms. The molecule has 1 saturated heterocycles. The summed E-state index contributed by atoms with van der Waals surface area (Å²) in [7, 11) is 1.60. The van der Waals surface area contributed by atoms with E-state index in [0.717, 1.165) is 11.4 Å². The number of benzene rings is 1. The lowest BCUT2D eigenvalue weighted by Gasteiger charge is -2.30. The minimum atomic E-state index is -0.784. The maximum Gasteiger partial charge on any atom is 0.303 e. The van der Waals surface area contributed by atoms with Crippen LogP contribution in [0.3, 0.4) is 0 Å². The second kappa shape index (κ2) is 7.55. The molecule has 0 unspecified atom stereocenters. The van der Waals surface area contributed by atoms with Gasteiger partial charge in [-0.05, 0) is 49.9 Å². The third kappa shape index (κ3) is 3.68. The van der Waals surface area contributed by atoms with E-state index in [1.54, 1.807) is 16.7 Å². The first-order chi connectivity index (χ1) is 12.5. The smallest absolute Gasteiger partial charge is 0.303 e. The molecule has 26 heavy (non-hydrogen) atoms. The molecule has 0 aliphatic carbocycles. The van der Waals surface area contributed by atoms with Crippen molar-refractivity contribution in [3.05, 3.63) is 35.7 Å². The molecule has 2 aromatic rings. The van der Waals surface area contributed by atoms with Crippen LogP contribution >= 0.6 is 0 Å². The average molecular weight is 358 g/mol. The quantitative estimate of drug-likeness (QED) is 0.877. The number of carbonyl (C=O) groups is 2. The summed E-state index contributed by atoms with van der Waals surface area (Å²) < 4.78 is 6.78.